The average Bonchev–Trinajstić information content (AvgIpc) is 2.87. The summed E-state index contributed by atoms with van der Waals surface area (Å²) in [5.41, 5.74) is 4.36. The van der Waals surface area contributed by atoms with Crippen LogP contribution in [0.2, 0.25) is 0 Å². The van der Waals surface area contributed by atoms with Crippen LogP contribution in [-0.4, -0.2) is 17.1 Å². The van der Waals surface area contributed by atoms with E-state index in [-0.39, 0.29) is 0 Å². The van der Waals surface area contributed by atoms with E-state index in [9.17, 15) is 0 Å². The second-order valence-electron chi connectivity index (χ2n) is 3.82. The van der Waals surface area contributed by atoms with E-state index in [1.165, 1.54) is 0 Å². The lowest BCUT2D eigenvalue weighted by atomic mass is 10.1. The number of fused-ring (bicyclic) bond motifs is 1. The molecule has 0 spiro atoms. The van der Waals surface area contributed by atoms with Crippen LogP contribution in [0.5, 0.6) is 5.75 Å². The van der Waals surface area contributed by atoms with Gasteiger partial charge in [-0.2, -0.15) is 0 Å². The summed E-state index contributed by atoms with van der Waals surface area (Å²) in [6, 6.07) is 12.0. The first kappa shape index (κ1) is 9.90. The van der Waals surface area contributed by atoms with Gasteiger partial charge in [-0.25, -0.2) is 0 Å². The number of aromatic amines is 1. The summed E-state index contributed by atoms with van der Waals surface area (Å²) < 4.78 is 5.16. The molecule has 3 rings (SSSR count). The zero-order chi connectivity index (χ0) is 11.7. The molecule has 0 radical (unpaired) electrons. The Hall–Kier alpha value is -2.29. The number of nitrogens with zero attached hydrogens (tertiary/aromatic N) is 1. The summed E-state index contributed by atoms with van der Waals surface area (Å²) in [6.07, 6.45) is 3.74. The second kappa shape index (κ2) is 3.94. The molecule has 0 aliphatic carbocycles. The van der Waals surface area contributed by atoms with Gasteiger partial charge in [-0.1, -0.05) is 12.1 Å². The molecule has 2 heterocycles. The molecular weight excluding hydrogens is 212 g/mol. The minimum Gasteiger partial charge on any atom is -0.497 e. The highest BCUT2D eigenvalue weighted by molar-refractivity contribution is 5.91. The molecular formula is C14H12N2O. The van der Waals surface area contributed by atoms with Gasteiger partial charge in [0.15, 0.2) is 0 Å². The molecule has 2 aromatic heterocycles. The minimum atomic E-state index is 0.866. The molecule has 3 heteroatoms. The number of benzene rings is 1. The molecule has 0 fully saturated rings. The molecule has 0 amide bonds. The second-order valence-corrected chi connectivity index (χ2v) is 3.82. The lowest BCUT2D eigenvalue weighted by molar-refractivity contribution is 0.415. The molecule has 84 valence electrons. The van der Waals surface area contributed by atoms with Crippen molar-refractivity contribution in [2.45, 2.75) is 0 Å². The van der Waals surface area contributed by atoms with Crippen LogP contribution >= 0.6 is 0 Å². The maximum atomic E-state index is 5.16. The van der Waals surface area contributed by atoms with Gasteiger partial charge in [-0.05, 0) is 29.8 Å². The van der Waals surface area contributed by atoms with Gasteiger partial charge in [0.05, 0.1) is 18.1 Å². The van der Waals surface area contributed by atoms with Crippen LogP contribution in [0, 0.1) is 0 Å². The predicted octanol–water partition coefficient (Wildman–Crippen LogP) is 3.24. The van der Waals surface area contributed by atoms with Gasteiger partial charge in [-0.15, -0.1) is 0 Å². The molecule has 3 nitrogen and oxygen atoms in total. The number of pyridine rings is 1. The summed E-state index contributed by atoms with van der Waals surface area (Å²) in [6.45, 7) is 0. The first-order valence-corrected chi connectivity index (χ1v) is 5.45. The van der Waals surface area contributed by atoms with Crippen molar-refractivity contribution in [1.82, 2.24) is 9.97 Å². The monoisotopic (exact) mass is 224 g/mol. The maximum absolute atomic E-state index is 5.16. The quantitative estimate of drug-likeness (QED) is 0.725. The molecule has 1 N–H and O–H groups in total. The molecule has 0 saturated carbocycles. The van der Waals surface area contributed by atoms with Crippen LogP contribution in [-0.2, 0) is 0 Å². The van der Waals surface area contributed by atoms with E-state index in [2.05, 4.69) is 22.1 Å². The van der Waals surface area contributed by atoms with Crippen molar-refractivity contribution in [3.05, 3.63) is 48.8 Å². The number of hydrogen-bond acceptors (Lipinski definition) is 2. The molecule has 0 atom stereocenters. The van der Waals surface area contributed by atoms with Gasteiger partial charge in [-0.3, -0.25) is 4.98 Å². The first-order valence-electron chi connectivity index (χ1n) is 5.45. The Labute approximate surface area is 99.1 Å². The number of rotatable bonds is 2. The van der Waals surface area contributed by atoms with Crippen molar-refractivity contribution in [1.29, 1.82) is 0 Å². The van der Waals surface area contributed by atoms with E-state index in [1.54, 1.807) is 7.11 Å². The molecule has 3 aromatic rings. The molecule has 0 unspecified atom stereocenters. The Balaban J connectivity index is 2.16. The Morgan fingerprint density at radius 1 is 1.06 bits per heavy atom. The standard InChI is InChI=1S/C14H12N2O/c1-17-11-4-2-10(3-5-11)12-6-8-15-13-7-9-16-14(12)13/h2-9,16H,1H3. The van der Waals surface area contributed by atoms with E-state index >= 15 is 0 Å². The van der Waals surface area contributed by atoms with Crippen LogP contribution < -0.4 is 4.74 Å². The lowest BCUT2D eigenvalue weighted by Gasteiger charge is -2.04. The third-order valence-electron chi connectivity index (χ3n) is 2.85. The average molecular weight is 224 g/mol. The first-order chi connectivity index (χ1) is 8.38. The molecule has 17 heavy (non-hydrogen) atoms. The fraction of sp³-hybridized carbons (Fsp3) is 0.0714. The number of hydrogen-bond donors (Lipinski definition) is 1. The summed E-state index contributed by atoms with van der Waals surface area (Å²) in [5.74, 6) is 0.866. The molecule has 0 saturated heterocycles. The zero-order valence-electron chi connectivity index (χ0n) is 9.47. The minimum absolute atomic E-state index is 0.866. The van der Waals surface area contributed by atoms with Crippen molar-refractivity contribution < 1.29 is 4.74 Å². The third kappa shape index (κ3) is 1.65. The van der Waals surface area contributed by atoms with E-state index in [0.717, 1.165) is 27.9 Å². The number of H-pyrrole nitrogens is 1. The smallest absolute Gasteiger partial charge is 0.118 e. The fourth-order valence-electron chi connectivity index (χ4n) is 1.97. The van der Waals surface area contributed by atoms with Crippen molar-refractivity contribution in [2.75, 3.05) is 7.11 Å². The Morgan fingerprint density at radius 3 is 2.65 bits per heavy atom. The third-order valence-corrected chi connectivity index (χ3v) is 2.85. The summed E-state index contributed by atoms with van der Waals surface area (Å²) >= 11 is 0. The SMILES string of the molecule is COc1ccc(-c2ccnc3cc[nH]c23)cc1. The van der Waals surface area contributed by atoms with Crippen molar-refractivity contribution >= 4 is 11.0 Å². The van der Waals surface area contributed by atoms with Crippen LogP contribution in [0.4, 0.5) is 0 Å². The highest BCUT2D eigenvalue weighted by atomic mass is 16.5. The van der Waals surface area contributed by atoms with E-state index in [1.807, 2.05) is 36.7 Å². The lowest BCUT2D eigenvalue weighted by Crippen LogP contribution is -1.84. The normalized spacial score (nSPS) is 10.6. The molecule has 0 aliphatic rings. The number of methoxy groups -OCH3 is 1. The topological polar surface area (TPSA) is 37.9 Å². The van der Waals surface area contributed by atoms with Crippen molar-refractivity contribution in [3.8, 4) is 16.9 Å². The van der Waals surface area contributed by atoms with Gasteiger partial charge in [0, 0.05) is 18.0 Å². The number of ether oxygens (including phenoxy) is 1. The van der Waals surface area contributed by atoms with Gasteiger partial charge in [0.1, 0.15) is 5.75 Å². The van der Waals surface area contributed by atoms with Gasteiger partial charge in [0.25, 0.3) is 0 Å². The van der Waals surface area contributed by atoms with Crippen LogP contribution in [0.15, 0.2) is 48.8 Å². The maximum Gasteiger partial charge on any atom is 0.118 e. The largest absolute Gasteiger partial charge is 0.497 e. The van der Waals surface area contributed by atoms with E-state index < -0.39 is 0 Å². The van der Waals surface area contributed by atoms with E-state index in [4.69, 9.17) is 4.74 Å². The molecule has 1 aromatic carbocycles. The van der Waals surface area contributed by atoms with Gasteiger partial charge in [0.2, 0.25) is 0 Å². The van der Waals surface area contributed by atoms with Crippen LogP contribution in [0.3, 0.4) is 0 Å². The molecule has 0 bridgehead atoms. The van der Waals surface area contributed by atoms with Crippen LogP contribution in [0.25, 0.3) is 22.2 Å². The highest BCUT2D eigenvalue weighted by Crippen LogP contribution is 2.27. The summed E-state index contributed by atoms with van der Waals surface area (Å²) in [7, 11) is 1.67. The predicted molar refractivity (Wildman–Crippen MR) is 68.1 cm³/mol. The Morgan fingerprint density at radius 2 is 1.88 bits per heavy atom. The summed E-state index contributed by atoms with van der Waals surface area (Å²) in [4.78, 5) is 7.53. The number of nitrogens with one attached hydrogen (secondary N) is 1. The van der Waals surface area contributed by atoms with E-state index in [0.29, 0.717) is 0 Å². The van der Waals surface area contributed by atoms with Crippen molar-refractivity contribution in [3.63, 3.8) is 0 Å². The number of aromatic nitrogens is 2. The van der Waals surface area contributed by atoms with Gasteiger partial charge < -0.3 is 9.72 Å². The zero-order valence-corrected chi connectivity index (χ0v) is 9.47. The molecule has 0 aliphatic heterocycles. The Bertz CT molecular complexity index is 641. The summed E-state index contributed by atoms with van der Waals surface area (Å²) in [5, 5.41) is 0. The fourth-order valence-corrected chi connectivity index (χ4v) is 1.97. The van der Waals surface area contributed by atoms with Crippen molar-refractivity contribution in [2.24, 2.45) is 0 Å². The van der Waals surface area contributed by atoms with Gasteiger partial charge >= 0.3 is 0 Å². The highest BCUT2D eigenvalue weighted by Gasteiger charge is 2.05. The van der Waals surface area contributed by atoms with Crippen LogP contribution in [0.1, 0.15) is 0 Å². The Kier molecular flexibility index (Phi) is 2.29.